The summed E-state index contributed by atoms with van der Waals surface area (Å²) in [5.74, 6) is -0.795. The van der Waals surface area contributed by atoms with E-state index in [0.717, 1.165) is 11.1 Å². The van der Waals surface area contributed by atoms with E-state index in [-0.39, 0.29) is 11.5 Å². The highest BCUT2D eigenvalue weighted by atomic mass is 35.5. The summed E-state index contributed by atoms with van der Waals surface area (Å²) < 4.78 is 0. The molecule has 0 radical (unpaired) electrons. The molecule has 1 atom stereocenters. The molecule has 2 amide bonds. The summed E-state index contributed by atoms with van der Waals surface area (Å²) in [6, 6.07) is 23.3. The van der Waals surface area contributed by atoms with Crippen molar-refractivity contribution in [3.8, 4) is 6.07 Å². The number of anilines is 2. The zero-order valence-corrected chi connectivity index (χ0v) is 20.4. The van der Waals surface area contributed by atoms with Crippen molar-refractivity contribution in [2.75, 3.05) is 10.2 Å². The molecule has 4 rings (SSSR count). The SMILES string of the molecule is Cc1ccc(N2C(=O)[C@@H](Cc3cccc(Cl)c3)S/C2=C(/C#N)C(=O)Nc2ccc(Cl)cc2)cc1. The van der Waals surface area contributed by atoms with Crippen molar-refractivity contribution < 1.29 is 9.59 Å². The number of hydrogen-bond donors (Lipinski definition) is 1. The van der Waals surface area contributed by atoms with Gasteiger partial charge in [0.05, 0.1) is 5.25 Å². The Morgan fingerprint density at radius 1 is 1.06 bits per heavy atom. The van der Waals surface area contributed by atoms with Crippen LogP contribution >= 0.6 is 35.0 Å². The van der Waals surface area contributed by atoms with Gasteiger partial charge in [-0.2, -0.15) is 5.26 Å². The lowest BCUT2D eigenvalue weighted by atomic mass is 10.1. The number of thioether (sulfide) groups is 1. The van der Waals surface area contributed by atoms with Crippen LogP contribution in [0.2, 0.25) is 10.0 Å². The largest absolute Gasteiger partial charge is 0.321 e. The van der Waals surface area contributed by atoms with Crippen molar-refractivity contribution in [2.45, 2.75) is 18.6 Å². The average Bonchev–Trinajstić information content (AvgIpc) is 3.12. The minimum Gasteiger partial charge on any atom is -0.321 e. The van der Waals surface area contributed by atoms with Gasteiger partial charge in [-0.15, -0.1) is 0 Å². The zero-order valence-electron chi connectivity index (χ0n) is 18.1. The van der Waals surface area contributed by atoms with Crippen LogP contribution in [0, 0.1) is 18.3 Å². The van der Waals surface area contributed by atoms with E-state index in [2.05, 4.69) is 5.32 Å². The summed E-state index contributed by atoms with van der Waals surface area (Å²) in [6.45, 7) is 1.95. The Balaban J connectivity index is 1.72. The molecule has 1 N–H and O–H groups in total. The Kier molecular flexibility index (Phi) is 7.28. The molecule has 1 fully saturated rings. The fraction of sp³-hybridized carbons (Fsp3) is 0.115. The Morgan fingerprint density at radius 2 is 1.76 bits per heavy atom. The standard InChI is InChI=1S/C26H19Cl2N3O2S/c1-16-5-11-21(12-6-16)31-25(33)23(14-17-3-2-4-19(28)13-17)34-26(31)22(15-29)24(32)30-20-9-7-18(27)8-10-20/h2-13,23H,14H2,1H3,(H,30,32)/b26-22-/t23-/m1/s1. The van der Waals surface area contributed by atoms with Crippen LogP contribution in [-0.4, -0.2) is 17.1 Å². The fourth-order valence-corrected chi connectivity index (χ4v) is 5.17. The Hall–Kier alpha value is -3.24. The first-order chi connectivity index (χ1) is 16.4. The van der Waals surface area contributed by atoms with E-state index in [1.807, 2.05) is 55.5 Å². The van der Waals surface area contributed by atoms with Crippen molar-refractivity contribution >= 4 is 58.2 Å². The number of benzene rings is 3. The highest BCUT2D eigenvalue weighted by Crippen LogP contribution is 2.42. The molecule has 3 aromatic rings. The van der Waals surface area contributed by atoms with Gasteiger partial charge in [-0.3, -0.25) is 14.5 Å². The van der Waals surface area contributed by atoms with Crippen molar-refractivity contribution in [2.24, 2.45) is 0 Å². The monoisotopic (exact) mass is 507 g/mol. The number of hydrogen-bond acceptors (Lipinski definition) is 4. The maximum atomic E-state index is 13.5. The summed E-state index contributed by atoms with van der Waals surface area (Å²) in [6.07, 6.45) is 0.410. The van der Waals surface area contributed by atoms with Crippen molar-refractivity contribution in [1.29, 1.82) is 5.26 Å². The first-order valence-electron chi connectivity index (χ1n) is 10.4. The van der Waals surface area contributed by atoms with Crippen LogP contribution in [0.25, 0.3) is 0 Å². The number of nitrogens with one attached hydrogen (secondary N) is 1. The minimum absolute atomic E-state index is 0.137. The number of halogens is 2. The molecular weight excluding hydrogens is 489 g/mol. The zero-order chi connectivity index (χ0) is 24.2. The number of nitriles is 1. The van der Waals surface area contributed by atoms with Gasteiger partial charge in [0.2, 0.25) is 5.91 Å². The number of carbonyl (C=O) groups is 2. The third-order valence-corrected chi connectivity index (χ3v) is 6.96. The van der Waals surface area contributed by atoms with Crippen LogP contribution in [0.1, 0.15) is 11.1 Å². The van der Waals surface area contributed by atoms with Gasteiger partial charge >= 0.3 is 0 Å². The van der Waals surface area contributed by atoms with Crippen LogP contribution < -0.4 is 10.2 Å². The molecule has 0 bridgehead atoms. The highest BCUT2D eigenvalue weighted by Gasteiger charge is 2.40. The van der Waals surface area contributed by atoms with Gasteiger partial charge in [-0.1, -0.05) is 64.8 Å². The second-order valence-corrected chi connectivity index (χ2v) is 9.77. The summed E-state index contributed by atoms with van der Waals surface area (Å²) >= 11 is 13.2. The first-order valence-corrected chi connectivity index (χ1v) is 12.0. The second-order valence-electron chi connectivity index (χ2n) is 7.70. The fourth-order valence-electron chi connectivity index (χ4n) is 3.52. The maximum Gasteiger partial charge on any atom is 0.269 e. The number of rotatable bonds is 5. The molecular formula is C26H19Cl2N3O2S. The van der Waals surface area contributed by atoms with E-state index >= 15 is 0 Å². The molecule has 1 saturated heterocycles. The lowest BCUT2D eigenvalue weighted by Crippen LogP contribution is -2.30. The smallest absolute Gasteiger partial charge is 0.269 e. The molecule has 0 spiro atoms. The van der Waals surface area contributed by atoms with Crippen molar-refractivity contribution in [3.63, 3.8) is 0 Å². The number of nitrogens with zero attached hydrogens (tertiary/aromatic N) is 2. The quantitative estimate of drug-likeness (QED) is 0.321. The van der Waals surface area contributed by atoms with Crippen molar-refractivity contribution in [1.82, 2.24) is 0 Å². The van der Waals surface area contributed by atoms with Gasteiger partial charge in [0.25, 0.3) is 5.91 Å². The van der Waals surface area contributed by atoms with Gasteiger partial charge in [-0.25, -0.2) is 0 Å². The van der Waals surface area contributed by atoms with Crippen LogP contribution in [0.5, 0.6) is 0 Å². The predicted octanol–water partition coefficient (Wildman–Crippen LogP) is 6.37. The summed E-state index contributed by atoms with van der Waals surface area (Å²) in [4.78, 5) is 28.0. The molecule has 1 aliphatic rings. The minimum atomic E-state index is -0.597. The van der Waals surface area contributed by atoms with Crippen LogP contribution in [0.3, 0.4) is 0 Å². The Labute approximate surface area is 212 Å². The molecule has 0 unspecified atom stereocenters. The molecule has 5 nitrogen and oxygen atoms in total. The van der Waals surface area contributed by atoms with Gasteiger partial charge in [0.1, 0.15) is 16.7 Å². The molecule has 1 aliphatic heterocycles. The van der Waals surface area contributed by atoms with Gasteiger partial charge < -0.3 is 5.32 Å². The van der Waals surface area contributed by atoms with E-state index in [0.29, 0.717) is 32.9 Å². The van der Waals surface area contributed by atoms with Crippen LogP contribution in [0.4, 0.5) is 11.4 Å². The third-order valence-electron chi connectivity index (χ3n) is 5.21. The molecule has 170 valence electrons. The van der Waals surface area contributed by atoms with E-state index in [1.54, 1.807) is 30.3 Å². The number of aryl methyl sites for hydroxylation is 1. The summed E-state index contributed by atoms with van der Waals surface area (Å²) in [5.41, 5.74) is 2.88. The van der Waals surface area contributed by atoms with E-state index in [9.17, 15) is 14.9 Å². The first kappa shape index (κ1) is 23.9. The molecule has 0 saturated carbocycles. The number of amides is 2. The Morgan fingerprint density at radius 3 is 2.41 bits per heavy atom. The van der Waals surface area contributed by atoms with Gasteiger partial charge in [0.15, 0.2) is 0 Å². The highest BCUT2D eigenvalue weighted by molar-refractivity contribution is 8.05. The molecule has 3 aromatic carbocycles. The third kappa shape index (κ3) is 5.28. The molecule has 8 heteroatoms. The molecule has 34 heavy (non-hydrogen) atoms. The van der Waals surface area contributed by atoms with E-state index in [1.165, 1.54) is 16.7 Å². The van der Waals surface area contributed by atoms with Gasteiger partial charge in [-0.05, 0) is 67.4 Å². The van der Waals surface area contributed by atoms with Gasteiger partial charge in [0, 0.05) is 21.4 Å². The average molecular weight is 508 g/mol. The summed E-state index contributed by atoms with van der Waals surface area (Å²) in [5, 5.41) is 13.5. The van der Waals surface area contributed by atoms with E-state index < -0.39 is 11.2 Å². The molecule has 1 heterocycles. The predicted molar refractivity (Wildman–Crippen MR) is 138 cm³/mol. The lowest BCUT2D eigenvalue weighted by molar-refractivity contribution is -0.117. The van der Waals surface area contributed by atoms with Crippen LogP contribution in [0.15, 0.2) is 83.4 Å². The Bertz CT molecular complexity index is 1320. The van der Waals surface area contributed by atoms with Crippen molar-refractivity contribution in [3.05, 3.63) is 105 Å². The molecule has 0 aliphatic carbocycles. The molecule has 0 aromatic heterocycles. The normalized spacial score (nSPS) is 16.8. The summed E-state index contributed by atoms with van der Waals surface area (Å²) in [7, 11) is 0. The van der Waals surface area contributed by atoms with Crippen LogP contribution in [-0.2, 0) is 16.0 Å². The number of carbonyl (C=O) groups excluding carboxylic acids is 2. The van der Waals surface area contributed by atoms with E-state index in [4.69, 9.17) is 23.2 Å². The maximum absolute atomic E-state index is 13.5. The topological polar surface area (TPSA) is 73.2 Å². The lowest BCUT2D eigenvalue weighted by Gasteiger charge is -2.19. The second kappa shape index (κ2) is 10.4.